The van der Waals surface area contributed by atoms with E-state index in [1.807, 2.05) is 0 Å². The van der Waals surface area contributed by atoms with Crippen LogP contribution in [0.4, 0.5) is 11.8 Å². The number of hydrazine groups is 1. The van der Waals surface area contributed by atoms with Crippen LogP contribution in [-0.4, -0.2) is 33.3 Å². The number of rotatable bonds is 2. The summed E-state index contributed by atoms with van der Waals surface area (Å²) in [6.45, 7) is 6.60. The normalized spacial score (nSPS) is 23.8. The number of aromatic nitrogens is 4. The Balaban J connectivity index is 2.01. The van der Waals surface area contributed by atoms with Gasteiger partial charge in [-0.2, -0.15) is 15.1 Å². The van der Waals surface area contributed by atoms with Gasteiger partial charge in [-0.3, -0.25) is 10.5 Å². The summed E-state index contributed by atoms with van der Waals surface area (Å²) in [5.41, 5.74) is 3.22. The molecule has 0 amide bonds. The molecule has 2 atom stereocenters. The molecule has 102 valence electrons. The fourth-order valence-corrected chi connectivity index (χ4v) is 2.58. The second kappa shape index (κ2) is 4.65. The highest BCUT2D eigenvalue weighted by atomic mass is 15.3. The summed E-state index contributed by atoms with van der Waals surface area (Å²) in [4.78, 5) is 11.0. The number of anilines is 2. The summed E-state index contributed by atoms with van der Waals surface area (Å²) < 4.78 is 0. The number of nitrogens with one attached hydrogen (secondary N) is 2. The lowest BCUT2D eigenvalue weighted by Crippen LogP contribution is -2.39. The molecular weight excluding hydrogens is 242 g/mol. The SMILES string of the molecule is CC1CCN(c2nc(NN)nc3[nH]ncc23)CC1C. The van der Waals surface area contributed by atoms with E-state index >= 15 is 0 Å². The number of H-pyrrole nitrogens is 1. The van der Waals surface area contributed by atoms with Crippen LogP contribution >= 0.6 is 0 Å². The molecule has 1 saturated heterocycles. The van der Waals surface area contributed by atoms with E-state index in [2.05, 4.69) is 44.3 Å². The van der Waals surface area contributed by atoms with E-state index in [-0.39, 0.29) is 0 Å². The van der Waals surface area contributed by atoms with Gasteiger partial charge in [0.25, 0.3) is 0 Å². The average Bonchev–Trinajstić information content (AvgIpc) is 2.89. The summed E-state index contributed by atoms with van der Waals surface area (Å²) >= 11 is 0. The molecule has 4 N–H and O–H groups in total. The summed E-state index contributed by atoms with van der Waals surface area (Å²) in [5.74, 6) is 8.16. The van der Waals surface area contributed by atoms with Gasteiger partial charge in [-0.05, 0) is 18.3 Å². The molecule has 2 aromatic heterocycles. The van der Waals surface area contributed by atoms with Gasteiger partial charge < -0.3 is 4.90 Å². The smallest absolute Gasteiger partial charge is 0.241 e. The largest absolute Gasteiger partial charge is 0.356 e. The maximum Gasteiger partial charge on any atom is 0.241 e. The molecule has 7 nitrogen and oxygen atoms in total. The average molecular weight is 261 g/mol. The number of nitrogens with zero attached hydrogens (tertiary/aromatic N) is 4. The van der Waals surface area contributed by atoms with E-state index in [0.717, 1.165) is 30.2 Å². The first kappa shape index (κ1) is 12.2. The minimum atomic E-state index is 0.415. The molecule has 3 heterocycles. The minimum absolute atomic E-state index is 0.415. The number of piperidine rings is 1. The monoisotopic (exact) mass is 261 g/mol. The van der Waals surface area contributed by atoms with Crippen molar-refractivity contribution in [2.24, 2.45) is 17.7 Å². The van der Waals surface area contributed by atoms with Crippen molar-refractivity contribution in [1.29, 1.82) is 0 Å². The third-order valence-electron chi connectivity index (χ3n) is 4.05. The van der Waals surface area contributed by atoms with Crippen molar-refractivity contribution in [1.82, 2.24) is 20.2 Å². The van der Waals surface area contributed by atoms with Crippen LogP contribution in [0.2, 0.25) is 0 Å². The molecule has 2 aromatic rings. The summed E-state index contributed by atoms with van der Waals surface area (Å²) in [7, 11) is 0. The zero-order valence-corrected chi connectivity index (χ0v) is 11.2. The van der Waals surface area contributed by atoms with Crippen molar-refractivity contribution in [3.8, 4) is 0 Å². The number of fused-ring (bicyclic) bond motifs is 1. The van der Waals surface area contributed by atoms with Crippen LogP contribution in [0.1, 0.15) is 20.3 Å². The first-order chi connectivity index (χ1) is 9.19. The van der Waals surface area contributed by atoms with E-state index in [1.165, 1.54) is 6.42 Å². The molecule has 7 heteroatoms. The zero-order valence-electron chi connectivity index (χ0n) is 11.2. The zero-order chi connectivity index (χ0) is 13.4. The molecule has 1 aliphatic rings. The topological polar surface area (TPSA) is 95.8 Å². The lowest BCUT2D eigenvalue weighted by atomic mass is 9.88. The Morgan fingerprint density at radius 3 is 2.95 bits per heavy atom. The van der Waals surface area contributed by atoms with E-state index in [9.17, 15) is 0 Å². The number of hydrogen-bond acceptors (Lipinski definition) is 6. The van der Waals surface area contributed by atoms with Gasteiger partial charge in [0, 0.05) is 13.1 Å². The molecule has 1 fully saturated rings. The maximum absolute atomic E-state index is 5.43. The predicted molar refractivity (Wildman–Crippen MR) is 74.7 cm³/mol. The van der Waals surface area contributed by atoms with Crippen LogP contribution in [0.25, 0.3) is 11.0 Å². The van der Waals surface area contributed by atoms with Crippen LogP contribution in [0.15, 0.2) is 6.20 Å². The van der Waals surface area contributed by atoms with Gasteiger partial charge in [0.2, 0.25) is 5.95 Å². The lowest BCUT2D eigenvalue weighted by molar-refractivity contribution is 0.323. The van der Waals surface area contributed by atoms with Gasteiger partial charge in [-0.1, -0.05) is 13.8 Å². The van der Waals surface area contributed by atoms with Crippen molar-refractivity contribution >= 4 is 22.8 Å². The van der Waals surface area contributed by atoms with Gasteiger partial charge in [-0.15, -0.1) is 0 Å². The van der Waals surface area contributed by atoms with Crippen LogP contribution in [0.3, 0.4) is 0 Å². The minimum Gasteiger partial charge on any atom is -0.356 e. The molecule has 0 saturated carbocycles. The third kappa shape index (κ3) is 2.10. The first-order valence-corrected chi connectivity index (χ1v) is 6.61. The first-order valence-electron chi connectivity index (χ1n) is 6.61. The molecule has 2 unspecified atom stereocenters. The Bertz CT molecular complexity index is 578. The highest BCUT2D eigenvalue weighted by Gasteiger charge is 2.25. The Labute approximate surface area is 111 Å². The number of aromatic amines is 1. The van der Waals surface area contributed by atoms with Crippen LogP contribution < -0.4 is 16.2 Å². The summed E-state index contributed by atoms with van der Waals surface area (Å²) in [6.07, 6.45) is 2.95. The van der Waals surface area contributed by atoms with E-state index < -0.39 is 0 Å². The molecule has 0 aromatic carbocycles. The molecule has 3 rings (SSSR count). The highest BCUT2D eigenvalue weighted by Crippen LogP contribution is 2.30. The number of nitrogen functional groups attached to an aromatic ring is 1. The second-order valence-electron chi connectivity index (χ2n) is 5.34. The maximum atomic E-state index is 5.43. The van der Waals surface area contributed by atoms with Gasteiger partial charge >= 0.3 is 0 Å². The van der Waals surface area contributed by atoms with E-state index in [1.54, 1.807) is 6.20 Å². The Hall–Kier alpha value is -1.89. The number of nitrogens with two attached hydrogens (primary N) is 1. The molecule has 0 radical (unpaired) electrons. The van der Waals surface area contributed by atoms with Crippen LogP contribution in [0.5, 0.6) is 0 Å². The standard InChI is InChI=1S/C12H19N7/c1-7-3-4-19(6-8(7)2)11-9-5-14-18-10(9)15-12(16-11)17-13/h5,7-8H,3-4,6,13H2,1-2H3,(H2,14,15,16,17,18). The molecular formula is C12H19N7. The van der Waals surface area contributed by atoms with Crippen LogP contribution in [0, 0.1) is 11.8 Å². The van der Waals surface area contributed by atoms with Crippen molar-refractivity contribution in [2.45, 2.75) is 20.3 Å². The van der Waals surface area contributed by atoms with Gasteiger partial charge in [-0.25, -0.2) is 5.84 Å². The van der Waals surface area contributed by atoms with Crippen molar-refractivity contribution < 1.29 is 0 Å². The molecule has 0 bridgehead atoms. The van der Waals surface area contributed by atoms with Gasteiger partial charge in [0.1, 0.15) is 5.82 Å². The Kier molecular flexibility index (Phi) is 2.98. The number of hydrogen-bond donors (Lipinski definition) is 3. The quantitative estimate of drug-likeness (QED) is 0.554. The van der Waals surface area contributed by atoms with Gasteiger partial charge in [0.15, 0.2) is 5.65 Å². The van der Waals surface area contributed by atoms with Crippen molar-refractivity contribution in [2.75, 3.05) is 23.4 Å². The Morgan fingerprint density at radius 1 is 1.37 bits per heavy atom. The lowest BCUT2D eigenvalue weighted by Gasteiger charge is -2.36. The summed E-state index contributed by atoms with van der Waals surface area (Å²) in [5, 5.41) is 7.86. The van der Waals surface area contributed by atoms with Gasteiger partial charge in [0.05, 0.1) is 11.6 Å². The molecule has 1 aliphatic heterocycles. The van der Waals surface area contributed by atoms with E-state index in [4.69, 9.17) is 5.84 Å². The van der Waals surface area contributed by atoms with E-state index in [0.29, 0.717) is 17.5 Å². The molecule has 19 heavy (non-hydrogen) atoms. The molecule has 0 spiro atoms. The predicted octanol–water partition coefficient (Wildman–Crippen LogP) is 1.12. The van der Waals surface area contributed by atoms with Crippen molar-refractivity contribution in [3.05, 3.63) is 6.20 Å². The third-order valence-corrected chi connectivity index (χ3v) is 4.05. The van der Waals surface area contributed by atoms with Crippen molar-refractivity contribution in [3.63, 3.8) is 0 Å². The van der Waals surface area contributed by atoms with Crippen LogP contribution in [-0.2, 0) is 0 Å². The highest BCUT2D eigenvalue weighted by molar-refractivity contribution is 5.87. The summed E-state index contributed by atoms with van der Waals surface area (Å²) in [6, 6.07) is 0. The fourth-order valence-electron chi connectivity index (χ4n) is 2.58. The molecule has 0 aliphatic carbocycles. The second-order valence-corrected chi connectivity index (χ2v) is 5.34. The Morgan fingerprint density at radius 2 is 2.21 bits per heavy atom. The fraction of sp³-hybridized carbons (Fsp3) is 0.583.